The van der Waals surface area contributed by atoms with E-state index < -0.39 is 0 Å². The van der Waals surface area contributed by atoms with Gasteiger partial charge in [0.25, 0.3) is 0 Å². The van der Waals surface area contributed by atoms with Gasteiger partial charge in [0.05, 0.1) is 11.6 Å². The Morgan fingerprint density at radius 1 is 1.21 bits per heavy atom. The molecule has 1 aliphatic rings. The molecule has 1 amide bonds. The molecule has 5 nitrogen and oxygen atoms in total. The van der Waals surface area contributed by atoms with Gasteiger partial charge in [-0.2, -0.15) is 0 Å². The summed E-state index contributed by atoms with van der Waals surface area (Å²) < 4.78 is 11.4. The summed E-state index contributed by atoms with van der Waals surface area (Å²) in [7, 11) is 0. The van der Waals surface area contributed by atoms with E-state index in [4.69, 9.17) is 9.47 Å². The van der Waals surface area contributed by atoms with E-state index >= 15 is 0 Å². The summed E-state index contributed by atoms with van der Waals surface area (Å²) in [6.45, 7) is 1.34. The number of hydrogen-bond acceptors (Lipinski definition) is 4. The highest BCUT2D eigenvalue weighted by Crippen LogP contribution is 2.20. The Hall–Kier alpha value is -3.18. The maximum absolute atomic E-state index is 12.3. The van der Waals surface area contributed by atoms with Crippen LogP contribution < -0.4 is 10.1 Å². The number of carbonyl (C=O) groups is 1. The van der Waals surface area contributed by atoms with Crippen LogP contribution in [-0.4, -0.2) is 30.2 Å². The molecule has 2 aromatic carbocycles. The molecular formula is C23H22N2O3. The van der Waals surface area contributed by atoms with Gasteiger partial charge in [-0.1, -0.05) is 30.3 Å². The van der Waals surface area contributed by atoms with Gasteiger partial charge in [-0.3, -0.25) is 9.78 Å². The first-order chi connectivity index (χ1) is 13.8. The second-order valence-corrected chi connectivity index (χ2v) is 6.72. The van der Waals surface area contributed by atoms with Gasteiger partial charge in [0.1, 0.15) is 12.4 Å². The molecule has 1 aromatic heterocycles. The molecule has 0 bridgehead atoms. The van der Waals surface area contributed by atoms with Crippen LogP contribution >= 0.6 is 0 Å². The molecule has 2 heterocycles. The lowest BCUT2D eigenvalue weighted by atomic mass is 10.1. The number of nitrogens with zero attached hydrogens (tertiary/aromatic N) is 1. The van der Waals surface area contributed by atoms with Crippen LogP contribution in [0.15, 0.2) is 66.9 Å². The lowest BCUT2D eigenvalue weighted by molar-refractivity contribution is -0.111. The van der Waals surface area contributed by atoms with Crippen molar-refractivity contribution in [1.29, 1.82) is 0 Å². The van der Waals surface area contributed by atoms with Gasteiger partial charge in [-0.15, -0.1) is 0 Å². The van der Waals surface area contributed by atoms with Gasteiger partial charge in [0.15, 0.2) is 0 Å². The predicted molar refractivity (Wildman–Crippen MR) is 110 cm³/mol. The molecular weight excluding hydrogens is 352 g/mol. The normalized spacial score (nSPS) is 16.5. The van der Waals surface area contributed by atoms with Crippen molar-refractivity contribution in [1.82, 2.24) is 4.98 Å². The van der Waals surface area contributed by atoms with Crippen molar-refractivity contribution in [3.8, 4) is 5.75 Å². The van der Waals surface area contributed by atoms with Crippen molar-refractivity contribution >= 4 is 28.6 Å². The number of pyridine rings is 1. The molecule has 1 unspecified atom stereocenters. The minimum absolute atomic E-state index is 0.162. The maximum Gasteiger partial charge on any atom is 0.248 e. The number of fused-ring (bicyclic) bond motifs is 1. The average Bonchev–Trinajstić information content (AvgIpc) is 3.25. The van der Waals surface area contributed by atoms with Gasteiger partial charge < -0.3 is 14.8 Å². The van der Waals surface area contributed by atoms with Crippen molar-refractivity contribution in [2.24, 2.45) is 0 Å². The minimum Gasteiger partial charge on any atom is -0.491 e. The Morgan fingerprint density at radius 2 is 2.11 bits per heavy atom. The van der Waals surface area contributed by atoms with E-state index in [1.807, 2.05) is 54.6 Å². The van der Waals surface area contributed by atoms with E-state index in [9.17, 15) is 4.79 Å². The lowest BCUT2D eigenvalue weighted by Crippen LogP contribution is -2.16. The molecule has 3 aromatic rings. The Labute approximate surface area is 164 Å². The van der Waals surface area contributed by atoms with Crippen LogP contribution in [-0.2, 0) is 9.53 Å². The quantitative estimate of drug-likeness (QED) is 0.648. The van der Waals surface area contributed by atoms with E-state index in [0.29, 0.717) is 12.3 Å². The van der Waals surface area contributed by atoms with Gasteiger partial charge in [0.2, 0.25) is 5.91 Å². The largest absolute Gasteiger partial charge is 0.491 e. The molecule has 142 valence electrons. The number of anilines is 1. The topological polar surface area (TPSA) is 60.5 Å². The molecule has 1 aliphatic heterocycles. The molecule has 0 radical (unpaired) electrons. The first kappa shape index (κ1) is 18.2. The molecule has 4 rings (SSSR count). The fraction of sp³-hybridized carbons (Fsp3) is 0.217. The lowest BCUT2D eigenvalue weighted by Gasteiger charge is -2.12. The molecule has 0 saturated carbocycles. The summed E-state index contributed by atoms with van der Waals surface area (Å²) in [5.41, 5.74) is 2.47. The van der Waals surface area contributed by atoms with Crippen LogP contribution in [0, 0.1) is 0 Å². The van der Waals surface area contributed by atoms with Crippen LogP contribution in [0.3, 0.4) is 0 Å². The smallest absolute Gasteiger partial charge is 0.248 e. The van der Waals surface area contributed by atoms with E-state index in [0.717, 1.165) is 41.7 Å². The number of amides is 1. The second-order valence-electron chi connectivity index (χ2n) is 6.72. The molecule has 1 fully saturated rings. The van der Waals surface area contributed by atoms with Crippen LogP contribution in [0.1, 0.15) is 18.4 Å². The molecule has 1 saturated heterocycles. The number of hydrogen-bond donors (Lipinski definition) is 1. The zero-order valence-corrected chi connectivity index (χ0v) is 15.5. The molecule has 1 N–H and O–H groups in total. The monoisotopic (exact) mass is 374 g/mol. The third-order valence-electron chi connectivity index (χ3n) is 4.64. The second kappa shape index (κ2) is 8.67. The van der Waals surface area contributed by atoms with Crippen molar-refractivity contribution in [3.63, 3.8) is 0 Å². The van der Waals surface area contributed by atoms with E-state index in [1.165, 1.54) is 6.08 Å². The standard InChI is InChI=1S/C23H22N2O3/c26-22(12-11-18-6-1-5-17-7-3-13-24-23(17)18)25-19-8-2-9-20(15-19)28-16-21-10-4-14-27-21/h1-3,5-9,11-13,15,21H,4,10,14,16H2,(H,25,26)/b12-11+. The summed E-state index contributed by atoms with van der Waals surface area (Å²) in [6, 6.07) is 17.2. The van der Waals surface area contributed by atoms with E-state index in [2.05, 4.69) is 10.3 Å². The molecule has 0 aliphatic carbocycles. The Balaban J connectivity index is 1.39. The average molecular weight is 374 g/mol. The highest BCUT2D eigenvalue weighted by atomic mass is 16.5. The Kier molecular flexibility index (Phi) is 5.64. The fourth-order valence-corrected chi connectivity index (χ4v) is 3.24. The summed E-state index contributed by atoms with van der Waals surface area (Å²) in [4.78, 5) is 16.7. The van der Waals surface area contributed by atoms with Crippen molar-refractivity contribution in [2.75, 3.05) is 18.5 Å². The van der Waals surface area contributed by atoms with Gasteiger partial charge in [-0.25, -0.2) is 0 Å². The first-order valence-electron chi connectivity index (χ1n) is 9.45. The van der Waals surface area contributed by atoms with E-state index in [1.54, 1.807) is 12.3 Å². The number of ether oxygens (including phenoxy) is 2. The number of benzene rings is 2. The predicted octanol–water partition coefficient (Wildman–Crippen LogP) is 4.44. The highest BCUT2D eigenvalue weighted by Gasteiger charge is 2.16. The third kappa shape index (κ3) is 4.56. The maximum atomic E-state index is 12.3. The van der Waals surface area contributed by atoms with Crippen LogP contribution in [0.2, 0.25) is 0 Å². The van der Waals surface area contributed by atoms with Gasteiger partial charge in [-0.05, 0) is 37.1 Å². The number of para-hydroxylation sites is 1. The minimum atomic E-state index is -0.204. The molecule has 5 heteroatoms. The molecule has 1 atom stereocenters. The number of carbonyl (C=O) groups excluding carboxylic acids is 1. The van der Waals surface area contributed by atoms with Crippen molar-refractivity contribution < 1.29 is 14.3 Å². The van der Waals surface area contributed by atoms with Crippen LogP contribution in [0.5, 0.6) is 5.75 Å². The highest BCUT2D eigenvalue weighted by molar-refractivity contribution is 6.03. The fourth-order valence-electron chi connectivity index (χ4n) is 3.24. The number of nitrogens with one attached hydrogen (secondary N) is 1. The number of rotatable bonds is 6. The SMILES string of the molecule is O=C(/C=C/c1cccc2cccnc12)Nc1cccc(OCC2CCCO2)c1. The molecule has 28 heavy (non-hydrogen) atoms. The van der Waals surface area contributed by atoms with Crippen LogP contribution in [0.25, 0.3) is 17.0 Å². The Bertz CT molecular complexity index is 989. The summed E-state index contributed by atoms with van der Waals surface area (Å²) >= 11 is 0. The van der Waals surface area contributed by atoms with Gasteiger partial charge in [0, 0.05) is 41.6 Å². The van der Waals surface area contributed by atoms with Crippen molar-refractivity contribution in [2.45, 2.75) is 18.9 Å². The Morgan fingerprint density at radius 3 is 3.00 bits per heavy atom. The van der Waals surface area contributed by atoms with E-state index in [-0.39, 0.29) is 12.0 Å². The van der Waals surface area contributed by atoms with Crippen LogP contribution in [0.4, 0.5) is 5.69 Å². The third-order valence-corrected chi connectivity index (χ3v) is 4.64. The number of aromatic nitrogens is 1. The first-order valence-corrected chi connectivity index (χ1v) is 9.45. The summed E-state index contributed by atoms with van der Waals surface area (Å²) in [5.74, 6) is 0.514. The van der Waals surface area contributed by atoms with Crippen molar-refractivity contribution in [3.05, 3.63) is 72.4 Å². The zero-order valence-electron chi connectivity index (χ0n) is 15.5. The molecule has 0 spiro atoms. The summed E-state index contributed by atoms with van der Waals surface area (Å²) in [6.07, 6.45) is 7.33. The van der Waals surface area contributed by atoms with Gasteiger partial charge >= 0.3 is 0 Å². The zero-order chi connectivity index (χ0) is 19.2. The summed E-state index contributed by atoms with van der Waals surface area (Å²) in [5, 5.41) is 3.91.